The van der Waals surface area contributed by atoms with Gasteiger partial charge in [0.25, 0.3) is 0 Å². The monoisotopic (exact) mass is 238 g/mol. The molecule has 1 heterocycles. The van der Waals surface area contributed by atoms with E-state index in [1.54, 1.807) is 11.3 Å². The van der Waals surface area contributed by atoms with E-state index in [1.807, 2.05) is 30.5 Å². The van der Waals surface area contributed by atoms with Crippen LogP contribution in [0.5, 0.6) is 0 Å². The Hall–Kier alpha value is -1.06. The number of nitrogens with zero attached hydrogens (tertiary/aromatic N) is 1. The minimum atomic E-state index is 0.640. The molecule has 0 saturated carbocycles. The molecule has 0 unspecified atom stereocenters. The molecule has 2 aromatic rings. The van der Waals surface area contributed by atoms with E-state index >= 15 is 0 Å². The molecule has 0 atom stereocenters. The van der Waals surface area contributed by atoms with E-state index in [0.29, 0.717) is 5.13 Å². The molecule has 0 aliphatic rings. The largest absolute Gasteiger partial charge is 0.375 e. The summed E-state index contributed by atoms with van der Waals surface area (Å²) in [6, 6.07) is 7.93. The third-order valence-corrected chi connectivity index (χ3v) is 3.28. The van der Waals surface area contributed by atoms with Gasteiger partial charge < -0.3 is 5.73 Å². The van der Waals surface area contributed by atoms with Crippen LogP contribution in [0.1, 0.15) is 10.4 Å². The highest BCUT2D eigenvalue weighted by molar-refractivity contribution is 7.15. The van der Waals surface area contributed by atoms with Crippen LogP contribution in [0.15, 0.2) is 30.5 Å². The number of nitrogens with two attached hydrogens (primary N) is 1. The minimum absolute atomic E-state index is 0.640. The van der Waals surface area contributed by atoms with Gasteiger partial charge in [-0.3, -0.25) is 0 Å². The van der Waals surface area contributed by atoms with Crippen molar-refractivity contribution in [2.75, 3.05) is 5.73 Å². The average Bonchev–Trinajstić information content (AvgIpc) is 2.64. The van der Waals surface area contributed by atoms with Crippen molar-refractivity contribution < 1.29 is 0 Å². The molecule has 1 aromatic heterocycles. The number of aromatic nitrogens is 1. The van der Waals surface area contributed by atoms with Gasteiger partial charge in [0.2, 0.25) is 0 Å². The highest BCUT2D eigenvalue weighted by Crippen LogP contribution is 2.17. The third-order valence-electron chi connectivity index (χ3n) is 2.14. The average molecular weight is 239 g/mol. The lowest BCUT2D eigenvalue weighted by atomic mass is 10.1. The summed E-state index contributed by atoms with van der Waals surface area (Å²) in [5.41, 5.74) is 6.84. The second-order valence-electron chi connectivity index (χ2n) is 3.29. The fraction of sp³-hybridized carbons (Fsp3) is 0.182. The molecular weight excluding hydrogens is 228 g/mol. The molecule has 2 N–H and O–H groups in total. The number of rotatable bonds is 3. The first kappa shape index (κ1) is 10.5. The molecular formula is C11H11ClN2S. The van der Waals surface area contributed by atoms with Gasteiger partial charge >= 0.3 is 0 Å². The molecule has 15 heavy (non-hydrogen) atoms. The van der Waals surface area contributed by atoms with Crippen molar-refractivity contribution in [3.8, 4) is 0 Å². The number of hydrogen-bond donors (Lipinski definition) is 1. The van der Waals surface area contributed by atoms with E-state index in [0.717, 1.165) is 17.9 Å². The first-order valence-electron chi connectivity index (χ1n) is 4.68. The molecule has 1 aromatic carbocycles. The highest BCUT2D eigenvalue weighted by atomic mass is 35.5. The van der Waals surface area contributed by atoms with Crippen molar-refractivity contribution in [1.82, 2.24) is 4.98 Å². The number of benzene rings is 1. The Balaban J connectivity index is 1.96. The molecule has 78 valence electrons. The summed E-state index contributed by atoms with van der Waals surface area (Å²) in [7, 11) is 0. The van der Waals surface area contributed by atoms with Gasteiger partial charge in [-0.1, -0.05) is 23.7 Å². The van der Waals surface area contributed by atoms with Gasteiger partial charge in [-0.05, 0) is 30.5 Å². The van der Waals surface area contributed by atoms with Crippen LogP contribution in [0.4, 0.5) is 5.13 Å². The molecule has 2 nitrogen and oxygen atoms in total. The van der Waals surface area contributed by atoms with Gasteiger partial charge in [0.15, 0.2) is 5.13 Å². The zero-order valence-electron chi connectivity index (χ0n) is 8.11. The van der Waals surface area contributed by atoms with E-state index in [2.05, 4.69) is 4.98 Å². The van der Waals surface area contributed by atoms with Gasteiger partial charge in [-0.15, -0.1) is 11.3 Å². The maximum Gasteiger partial charge on any atom is 0.180 e. The quantitative estimate of drug-likeness (QED) is 0.892. The van der Waals surface area contributed by atoms with Crippen LogP contribution < -0.4 is 5.73 Å². The van der Waals surface area contributed by atoms with Gasteiger partial charge in [0, 0.05) is 16.1 Å². The fourth-order valence-corrected chi connectivity index (χ4v) is 2.17. The maximum atomic E-state index is 5.81. The molecule has 0 radical (unpaired) electrons. The van der Waals surface area contributed by atoms with Crippen LogP contribution in [0.3, 0.4) is 0 Å². The van der Waals surface area contributed by atoms with Crippen LogP contribution in [-0.2, 0) is 12.8 Å². The molecule has 4 heteroatoms. The Bertz CT molecular complexity index is 436. The standard InChI is InChI=1S/C11H11ClN2S/c12-9-4-1-8(2-5-9)3-6-10-7-14-11(13)15-10/h1-2,4-5,7H,3,6H2,(H2,13,14). The number of anilines is 1. The van der Waals surface area contributed by atoms with Gasteiger partial charge in [-0.25, -0.2) is 4.98 Å². The SMILES string of the molecule is Nc1ncc(CCc2ccc(Cl)cc2)s1. The summed E-state index contributed by atoms with van der Waals surface area (Å²) < 4.78 is 0. The Morgan fingerprint density at radius 1 is 1.20 bits per heavy atom. The minimum Gasteiger partial charge on any atom is -0.375 e. The Kier molecular flexibility index (Phi) is 3.23. The number of hydrogen-bond acceptors (Lipinski definition) is 3. The van der Waals surface area contributed by atoms with E-state index < -0.39 is 0 Å². The molecule has 0 aliphatic heterocycles. The lowest BCUT2D eigenvalue weighted by molar-refractivity contribution is 0.976. The van der Waals surface area contributed by atoms with Crippen molar-refractivity contribution in [3.63, 3.8) is 0 Å². The topological polar surface area (TPSA) is 38.9 Å². The predicted octanol–water partition coefficient (Wildman–Crippen LogP) is 3.16. The van der Waals surface area contributed by atoms with Gasteiger partial charge in [0.05, 0.1) is 0 Å². The van der Waals surface area contributed by atoms with E-state index in [1.165, 1.54) is 10.4 Å². The molecule has 2 rings (SSSR count). The van der Waals surface area contributed by atoms with Crippen molar-refractivity contribution in [3.05, 3.63) is 45.9 Å². The van der Waals surface area contributed by atoms with Crippen molar-refractivity contribution >= 4 is 28.1 Å². The molecule has 0 saturated heterocycles. The summed E-state index contributed by atoms with van der Waals surface area (Å²) >= 11 is 7.36. The van der Waals surface area contributed by atoms with Crippen LogP contribution in [0, 0.1) is 0 Å². The first-order valence-corrected chi connectivity index (χ1v) is 5.88. The fourth-order valence-electron chi connectivity index (χ4n) is 1.36. The number of halogens is 1. The maximum absolute atomic E-state index is 5.81. The smallest absolute Gasteiger partial charge is 0.180 e. The number of nitrogen functional groups attached to an aromatic ring is 1. The van der Waals surface area contributed by atoms with Crippen LogP contribution in [-0.4, -0.2) is 4.98 Å². The lowest BCUT2D eigenvalue weighted by Gasteiger charge is -1.99. The summed E-state index contributed by atoms with van der Waals surface area (Å²) in [4.78, 5) is 5.24. The second-order valence-corrected chi connectivity index (χ2v) is 4.87. The van der Waals surface area contributed by atoms with Crippen molar-refractivity contribution in [2.45, 2.75) is 12.8 Å². The molecule has 0 amide bonds. The van der Waals surface area contributed by atoms with E-state index in [-0.39, 0.29) is 0 Å². The Morgan fingerprint density at radius 2 is 1.93 bits per heavy atom. The second kappa shape index (κ2) is 4.64. The lowest BCUT2D eigenvalue weighted by Crippen LogP contribution is -1.87. The Morgan fingerprint density at radius 3 is 2.53 bits per heavy atom. The van der Waals surface area contributed by atoms with Crippen molar-refractivity contribution in [2.24, 2.45) is 0 Å². The molecule has 0 fully saturated rings. The van der Waals surface area contributed by atoms with Crippen LogP contribution >= 0.6 is 22.9 Å². The molecule has 0 aliphatic carbocycles. The highest BCUT2D eigenvalue weighted by Gasteiger charge is 1.99. The summed E-state index contributed by atoms with van der Waals surface area (Å²) in [5.74, 6) is 0. The summed E-state index contributed by atoms with van der Waals surface area (Å²) in [6.45, 7) is 0. The van der Waals surface area contributed by atoms with Crippen LogP contribution in [0.2, 0.25) is 5.02 Å². The first-order chi connectivity index (χ1) is 7.24. The third kappa shape index (κ3) is 2.94. The zero-order chi connectivity index (χ0) is 10.7. The van der Waals surface area contributed by atoms with E-state index in [4.69, 9.17) is 17.3 Å². The normalized spacial score (nSPS) is 10.5. The predicted molar refractivity (Wildman–Crippen MR) is 65.4 cm³/mol. The van der Waals surface area contributed by atoms with Gasteiger partial charge in [-0.2, -0.15) is 0 Å². The summed E-state index contributed by atoms with van der Waals surface area (Å²) in [5, 5.41) is 1.42. The van der Waals surface area contributed by atoms with Crippen LogP contribution in [0.25, 0.3) is 0 Å². The zero-order valence-corrected chi connectivity index (χ0v) is 9.68. The van der Waals surface area contributed by atoms with Gasteiger partial charge in [0.1, 0.15) is 0 Å². The van der Waals surface area contributed by atoms with E-state index in [9.17, 15) is 0 Å². The molecule has 0 bridgehead atoms. The number of aryl methyl sites for hydroxylation is 2. The summed E-state index contributed by atoms with van der Waals surface area (Å²) in [6.07, 6.45) is 3.82. The van der Waals surface area contributed by atoms with Crippen molar-refractivity contribution in [1.29, 1.82) is 0 Å². The molecule has 0 spiro atoms. The Labute approximate surface area is 97.7 Å². The number of thiazole rings is 1.